The summed E-state index contributed by atoms with van der Waals surface area (Å²) in [7, 11) is 5.23. The van der Waals surface area contributed by atoms with Crippen molar-refractivity contribution in [2.24, 2.45) is 0 Å². The summed E-state index contributed by atoms with van der Waals surface area (Å²) in [4.78, 5) is 33.3. The molecule has 0 radical (unpaired) electrons. The first kappa shape index (κ1) is 24.1. The van der Waals surface area contributed by atoms with Crippen molar-refractivity contribution in [2.75, 3.05) is 39.2 Å². The molecule has 0 atom stereocenters. The number of hydrogen-bond acceptors (Lipinski definition) is 6. The molecular formula is C21H23Cl2N3O3S. The number of rotatable bonds is 6. The number of esters is 1. The van der Waals surface area contributed by atoms with Crippen molar-refractivity contribution in [2.45, 2.75) is 6.92 Å². The lowest BCUT2D eigenvalue weighted by molar-refractivity contribution is 0.0600. The molecule has 1 amide bonds. The third-order valence-corrected chi connectivity index (χ3v) is 5.68. The number of anilines is 1. The predicted octanol–water partition coefficient (Wildman–Crippen LogP) is 4.67. The zero-order valence-corrected chi connectivity index (χ0v) is 19.5. The van der Waals surface area contributed by atoms with Crippen molar-refractivity contribution in [1.29, 1.82) is 0 Å². The van der Waals surface area contributed by atoms with Crippen LogP contribution < -0.4 is 4.90 Å². The molecule has 0 aliphatic carbocycles. The van der Waals surface area contributed by atoms with Crippen molar-refractivity contribution in [3.8, 4) is 0 Å². The number of likely N-dealkylation sites (N-methyl/N-ethyl adjacent to an activating group) is 1. The second kappa shape index (κ2) is 10.2. The molecule has 1 heterocycles. The Morgan fingerprint density at radius 2 is 1.73 bits per heavy atom. The maximum Gasteiger partial charge on any atom is 0.337 e. The molecule has 0 N–H and O–H groups in total. The van der Waals surface area contributed by atoms with Crippen molar-refractivity contribution in [1.82, 2.24) is 9.88 Å². The second-order valence-corrected chi connectivity index (χ2v) is 8.34. The summed E-state index contributed by atoms with van der Waals surface area (Å²) in [6.07, 6.45) is 0. The van der Waals surface area contributed by atoms with Gasteiger partial charge in [0.05, 0.1) is 22.9 Å². The standard InChI is InChI=1S/C21H22ClN3O3S.ClH/c1-13-11-16(22)12-17-18(13)23-21(29-17)25(10-9-24(2)3)19(26)14-5-7-15(8-6-14)20(27)28-4;/h5-8,11-12H,9-10H2,1-4H3;1H. The summed E-state index contributed by atoms with van der Waals surface area (Å²) in [5.74, 6) is -0.613. The van der Waals surface area contributed by atoms with Crippen LogP contribution in [0, 0.1) is 6.92 Å². The fourth-order valence-corrected chi connectivity index (χ4v) is 4.31. The van der Waals surface area contributed by atoms with E-state index in [4.69, 9.17) is 21.3 Å². The molecule has 0 fully saturated rings. The van der Waals surface area contributed by atoms with Crippen LogP contribution in [0.3, 0.4) is 0 Å². The average molecular weight is 468 g/mol. The van der Waals surface area contributed by atoms with Crippen molar-refractivity contribution >= 4 is 62.6 Å². The van der Waals surface area contributed by atoms with E-state index in [0.717, 1.165) is 15.8 Å². The van der Waals surface area contributed by atoms with E-state index in [0.29, 0.717) is 34.4 Å². The number of benzene rings is 2. The first-order chi connectivity index (χ1) is 13.8. The van der Waals surface area contributed by atoms with E-state index in [9.17, 15) is 9.59 Å². The van der Waals surface area contributed by atoms with Gasteiger partial charge in [-0.05, 0) is 63.0 Å². The van der Waals surface area contributed by atoms with Crippen LogP contribution in [-0.4, -0.2) is 56.1 Å². The SMILES string of the molecule is COC(=O)c1ccc(C(=O)N(CCN(C)C)c2nc3c(C)cc(Cl)cc3s2)cc1.Cl. The highest BCUT2D eigenvalue weighted by molar-refractivity contribution is 7.22. The molecule has 9 heteroatoms. The molecule has 0 spiro atoms. The highest BCUT2D eigenvalue weighted by atomic mass is 35.5. The van der Waals surface area contributed by atoms with E-state index < -0.39 is 5.97 Å². The zero-order chi connectivity index (χ0) is 21.1. The molecule has 0 aliphatic rings. The second-order valence-electron chi connectivity index (χ2n) is 6.89. The van der Waals surface area contributed by atoms with Gasteiger partial charge in [0.2, 0.25) is 0 Å². The number of thiazole rings is 1. The fourth-order valence-electron chi connectivity index (χ4n) is 2.86. The Kier molecular flexibility index (Phi) is 8.20. The number of nitrogens with zero attached hydrogens (tertiary/aromatic N) is 3. The van der Waals surface area contributed by atoms with Gasteiger partial charge in [-0.3, -0.25) is 9.69 Å². The quantitative estimate of drug-likeness (QED) is 0.492. The fraction of sp³-hybridized carbons (Fsp3) is 0.286. The molecule has 0 unspecified atom stereocenters. The number of ether oxygens (including phenoxy) is 1. The molecule has 30 heavy (non-hydrogen) atoms. The van der Waals surface area contributed by atoms with E-state index >= 15 is 0 Å². The van der Waals surface area contributed by atoms with Gasteiger partial charge in [-0.2, -0.15) is 0 Å². The van der Waals surface area contributed by atoms with Gasteiger partial charge >= 0.3 is 5.97 Å². The van der Waals surface area contributed by atoms with Gasteiger partial charge in [-0.25, -0.2) is 9.78 Å². The number of hydrogen-bond donors (Lipinski definition) is 0. The molecule has 2 aromatic carbocycles. The predicted molar refractivity (Wildman–Crippen MR) is 125 cm³/mol. The maximum absolute atomic E-state index is 13.3. The Balaban J connectivity index is 0.00000320. The molecule has 160 valence electrons. The van der Waals surface area contributed by atoms with Crippen LogP contribution in [0.5, 0.6) is 0 Å². The van der Waals surface area contributed by atoms with Gasteiger partial charge < -0.3 is 9.64 Å². The van der Waals surface area contributed by atoms with Gasteiger partial charge in [0.1, 0.15) is 0 Å². The molecule has 0 saturated carbocycles. The topological polar surface area (TPSA) is 62.7 Å². The number of aryl methyl sites for hydroxylation is 1. The van der Waals surface area contributed by atoms with Gasteiger partial charge in [-0.1, -0.05) is 22.9 Å². The third-order valence-electron chi connectivity index (χ3n) is 4.44. The van der Waals surface area contributed by atoms with Gasteiger partial charge in [0, 0.05) is 23.7 Å². The van der Waals surface area contributed by atoms with Crippen LogP contribution in [-0.2, 0) is 4.74 Å². The summed E-state index contributed by atoms with van der Waals surface area (Å²) in [6.45, 7) is 3.12. The summed E-state index contributed by atoms with van der Waals surface area (Å²) in [5, 5.41) is 1.27. The minimum absolute atomic E-state index is 0. The Morgan fingerprint density at radius 3 is 2.33 bits per heavy atom. The van der Waals surface area contributed by atoms with E-state index in [-0.39, 0.29) is 18.3 Å². The van der Waals surface area contributed by atoms with E-state index in [2.05, 4.69) is 0 Å². The van der Waals surface area contributed by atoms with E-state index in [1.54, 1.807) is 29.2 Å². The maximum atomic E-state index is 13.3. The monoisotopic (exact) mass is 467 g/mol. The van der Waals surface area contributed by atoms with E-state index in [1.807, 2.05) is 38.1 Å². The molecule has 6 nitrogen and oxygen atoms in total. The van der Waals surface area contributed by atoms with Crippen molar-refractivity contribution < 1.29 is 14.3 Å². The highest BCUT2D eigenvalue weighted by Gasteiger charge is 2.22. The zero-order valence-electron chi connectivity index (χ0n) is 17.1. The minimum atomic E-state index is -0.438. The molecule has 3 aromatic rings. The highest BCUT2D eigenvalue weighted by Crippen LogP contribution is 2.33. The summed E-state index contributed by atoms with van der Waals surface area (Å²) in [5.41, 5.74) is 2.69. The van der Waals surface area contributed by atoms with Crippen molar-refractivity contribution in [3.63, 3.8) is 0 Å². The molecule has 0 aliphatic heterocycles. The number of carbonyl (C=O) groups excluding carboxylic acids is 2. The summed E-state index contributed by atoms with van der Waals surface area (Å²) >= 11 is 7.62. The Labute approximate surface area is 190 Å². The molecule has 1 aromatic heterocycles. The summed E-state index contributed by atoms with van der Waals surface area (Å²) < 4.78 is 5.65. The number of methoxy groups -OCH3 is 1. The van der Waals surface area contributed by atoms with Gasteiger partial charge in [0.15, 0.2) is 5.13 Å². The van der Waals surface area contributed by atoms with Crippen LogP contribution in [0.15, 0.2) is 36.4 Å². The largest absolute Gasteiger partial charge is 0.465 e. The Morgan fingerprint density at radius 1 is 1.10 bits per heavy atom. The molecule has 0 bridgehead atoms. The first-order valence-electron chi connectivity index (χ1n) is 9.02. The third kappa shape index (κ3) is 5.29. The van der Waals surface area contributed by atoms with Crippen LogP contribution >= 0.6 is 35.3 Å². The average Bonchev–Trinajstić information content (AvgIpc) is 3.11. The smallest absolute Gasteiger partial charge is 0.337 e. The first-order valence-corrected chi connectivity index (χ1v) is 10.2. The Bertz CT molecular complexity index is 1050. The molecule has 0 saturated heterocycles. The van der Waals surface area contributed by atoms with Gasteiger partial charge in [0.25, 0.3) is 5.91 Å². The van der Waals surface area contributed by atoms with Crippen LogP contribution in [0.2, 0.25) is 5.02 Å². The number of fused-ring (bicyclic) bond motifs is 1. The number of aromatic nitrogens is 1. The van der Waals surface area contributed by atoms with Crippen LogP contribution in [0.1, 0.15) is 26.3 Å². The summed E-state index contributed by atoms with van der Waals surface area (Å²) in [6, 6.07) is 10.2. The number of carbonyl (C=O) groups is 2. The van der Waals surface area contributed by atoms with Crippen LogP contribution in [0.25, 0.3) is 10.2 Å². The Hall–Kier alpha value is -2.19. The van der Waals surface area contributed by atoms with Crippen LogP contribution in [0.4, 0.5) is 5.13 Å². The lowest BCUT2D eigenvalue weighted by atomic mass is 10.1. The lowest BCUT2D eigenvalue weighted by Crippen LogP contribution is -2.36. The van der Waals surface area contributed by atoms with Gasteiger partial charge in [-0.15, -0.1) is 12.4 Å². The van der Waals surface area contributed by atoms with E-state index in [1.165, 1.54) is 18.4 Å². The molecule has 3 rings (SSSR count). The normalized spacial score (nSPS) is 10.7. The number of halogens is 2. The number of amides is 1. The van der Waals surface area contributed by atoms with Crippen molar-refractivity contribution in [3.05, 3.63) is 58.1 Å². The minimum Gasteiger partial charge on any atom is -0.465 e. The molecular weight excluding hydrogens is 445 g/mol. The lowest BCUT2D eigenvalue weighted by Gasteiger charge is -2.22.